The van der Waals surface area contributed by atoms with Gasteiger partial charge in [0.15, 0.2) is 0 Å². The lowest BCUT2D eigenvalue weighted by Gasteiger charge is -2.07. The first-order valence-corrected chi connectivity index (χ1v) is 5.70. The van der Waals surface area contributed by atoms with E-state index in [1.165, 1.54) is 12.3 Å². The molecule has 0 saturated carbocycles. The number of aryl methyl sites for hydroxylation is 1. The predicted octanol–water partition coefficient (Wildman–Crippen LogP) is 2.88. The van der Waals surface area contributed by atoms with Crippen molar-refractivity contribution in [3.05, 3.63) is 65.2 Å². The van der Waals surface area contributed by atoms with E-state index in [-0.39, 0.29) is 16.8 Å². The Bertz CT molecular complexity index is 670. The van der Waals surface area contributed by atoms with Crippen LogP contribution >= 0.6 is 0 Å². The van der Waals surface area contributed by atoms with Gasteiger partial charge in [-0.2, -0.15) is 5.26 Å². The highest BCUT2D eigenvalue weighted by Gasteiger charge is 2.12. The number of allylic oxidation sites excluding steroid dienone is 1. The number of aromatic nitrogens is 1. The zero-order valence-corrected chi connectivity index (χ0v) is 10.4. The minimum Gasteiger partial charge on any atom is -0.397 e. The summed E-state index contributed by atoms with van der Waals surface area (Å²) in [5.74, 6) is -0.436. The minimum atomic E-state index is -0.436. The Kier molecular flexibility index (Phi) is 3.58. The summed E-state index contributed by atoms with van der Waals surface area (Å²) < 4.78 is 13.9. The molecule has 0 spiro atoms. The van der Waals surface area contributed by atoms with Crippen LogP contribution in [0.3, 0.4) is 0 Å². The van der Waals surface area contributed by atoms with Crippen molar-refractivity contribution in [1.29, 1.82) is 5.26 Å². The van der Waals surface area contributed by atoms with Crippen molar-refractivity contribution < 1.29 is 4.39 Å². The molecule has 1 heterocycles. The van der Waals surface area contributed by atoms with Gasteiger partial charge in [0.05, 0.1) is 11.3 Å². The van der Waals surface area contributed by atoms with Gasteiger partial charge in [0, 0.05) is 23.5 Å². The summed E-state index contributed by atoms with van der Waals surface area (Å²) in [6.45, 7) is 1.79. The lowest BCUT2D eigenvalue weighted by Crippen LogP contribution is -2.03. The predicted molar refractivity (Wildman–Crippen MR) is 72.0 cm³/mol. The van der Waals surface area contributed by atoms with Gasteiger partial charge in [-0.25, -0.2) is 4.39 Å². The van der Waals surface area contributed by atoms with Crippen molar-refractivity contribution >= 4 is 11.3 Å². The molecule has 0 aliphatic carbocycles. The number of hydrogen-bond donors (Lipinski definition) is 1. The number of hydrogen-bond acceptors (Lipinski definition) is 3. The van der Waals surface area contributed by atoms with E-state index in [1.807, 2.05) is 6.07 Å². The average molecular weight is 253 g/mol. The summed E-state index contributed by atoms with van der Waals surface area (Å²) in [5.41, 5.74) is 7.86. The summed E-state index contributed by atoms with van der Waals surface area (Å²) >= 11 is 0. The topological polar surface area (TPSA) is 62.7 Å². The molecule has 1 aromatic heterocycles. The molecule has 0 saturated heterocycles. The van der Waals surface area contributed by atoms with Crippen molar-refractivity contribution in [3.63, 3.8) is 0 Å². The molecule has 2 N–H and O–H groups in total. The number of halogens is 1. The van der Waals surface area contributed by atoms with Gasteiger partial charge < -0.3 is 5.73 Å². The quantitative estimate of drug-likeness (QED) is 0.837. The van der Waals surface area contributed by atoms with E-state index >= 15 is 0 Å². The third-order valence-electron chi connectivity index (χ3n) is 2.75. The molecule has 0 amide bonds. The van der Waals surface area contributed by atoms with Crippen molar-refractivity contribution in [2.75, 3.05) is 0 Å². The molecule has 94 valence electrons. The summed E-state index contributed by atoms with van der Waals surface area (Å²) in [6, 6.07) is 10.1. The van der Waals surface area contributed by atoms with Crippen LogP contribution in [-0.4, -0.2) is 4.98 Å². The first-order chi connectivity index (χ1) is 9.13. The van der Waals surface area contributed by atoms with Gasteiger partial charge in [0.1, 0.15) is 11.9 Å². The van der Waals surface area contributed by atoms with E-state index in [0.717, 1.165) is 5.56 Å². The largest absolute Gasteiger partial charge is 0.397 e. The van der Waals surface area contributed by atoms with Gasteiger partial charge in [-0.1, -0.05) is 12.1 Å². The molecule has 1 aromatic carbocycles. The summed E-state index contributed by atoms with van der Waals surface area (Å²) in [7, 11) is 0. The molecule has 3 nitrogen and oxygen atoms in total. The second-order valence-electron chi connectivity index (χ2n) is 4.13. The Morgan fingerprint density at radius 1 is 1.37 bits per heavy atom. The van der Waals surface area contributed by atoms with Gasteiger partial charge in [0.25, 0.3) is 0 Å². The van der Waals surface area contributed by atoms with Crippen molar-refractivity contribution in [3.8, 4) is 6.07 Å². The van der Waals surface area contributed by atoms with E-state index in [4.69, 9.17) is 5.73 Å². The maximum Gasteiger partial charge on any atom is 0.132 e. The van der Waals surface area contributed by atoms with Crippen LogP contribution in [0.2, 0.25) is 0 Å². The Hall–Kier alpha value is -2.67. The standard InChI is InChI=1S/C15H12FN3/c1-10-4-5-12(14(16)7-10)15(18)13(8-17)11-3-2-6-19-9-11/h2-7,9H,18H2,1H3/b15-13+. The van der Waals surface area contributed by atoms with Crippen LogP contribution in [0.15, 0.2) is 42.7 Å². The van der Waals surface area contributed by atoms with Crippen LogP contribution in [0.4, 0.5) is 4.39 Å². The minimum absolute atomic E-state index is 0.119. The molecule has 4 heteroatoms. The van der Waals surface area contributed by atoms with Crippen LogP contribution in [-0.2, 0) is 0 Å². The fourth-order valence-corrected chi connectivity index (χ4v) is 1.76. The third kappa shape index (κ3) is 2.61. The highest BCUT2D eigenvalue weighted by atomic mass is 19.1. The highest BCUT2D eigenvalue weighted by molar-refractivity contribution is 5.95. The monoisotopic (exact) mass is 253 g/mol. The highest BCUT2D eigenvalue weighted by Crippen LogP contribution is 2.24. The smallest absolute Gasteiger partial charge is 0.132 e. The fraction of sp³-hybridized carbons (Fsp3) is 0.0667. The fourth-order valence-electron chi connectivity index (χ4n) is 1.76. The van der Waals surface area contributed by atoms with Gasteiger partial charge in [-0.3, -0.25) is 4.98 Å². The molecule has 0 aliphatic rings. The SMILES string of the molecule is Cc1ccc(/C(N)=C(/C#N)c2cccnc2)c(F)c1. The molecule has 19 heavy (non-hydrogen) atoms. The zero-order valence-electron chi connectivity index (χ0n) is 10.4. The number of nitrogens with zero attached hydrogens (tertiary/aromatic N) is 2. The molecule has 0 fully saturated rings. The number of nitriles is 1. The van der Waals surface area contributed by atoms with Crippen LogP contribution in [0.1, 0.15) is 16.7 Å². The molecule has 0 unspecified atom stereocenters. The third-order valence-corrected chi connectivity index (χ3v) is 2.75. The van der Waals surface area contributed by atoms with Crippen molar-refractivity contribution in [1.82, 2.24) is 4.98 Å². The molecular formula is C15H12FN3. The van der Waals surface area contributed by atoms with Crippen LogP contribution in [0.5, 0.6) is 0 Å². The van der Waals surface area contributed by atoms with Crippen molar-refractivity contribution in [2.45, 2.75) is 6.92 Å². The van der Waals surface area contributed by atoms with E-state index in [0.29, 0.717) is 5.56 Å². The lowest BCUT2D eigenvalue weighted by molar-refractivity contribution is 0.622. The summed E-state index contributed by atoms with van der Waals surface area (Å²) in [6.07, 6.45) is 3.12. The van der Waals surface area contributed by atoms with Crippen LogP contribution < -0.4 is 5.73 Å². The van der Waals surface area contributed by atoms with Crippen LogP contribution in [0, 0.1) is 24.1 Å². The maximum absolute atomic E-state index is 13.9. The number of nitrogens with two attached hydrogens (primary N) is 1. The Morgan fingerprint density at radius 2 is 2.16 bits per heavy atom. The molecule has 2 rings (SSSR count). The maximum atomic E-state index is 13.9. The van der Waals surface area contributed by atoms with Gasteiger partial charge in [0.2, 0.25) is 0 Å². The van der Waals surface area contributed by atoms with Gasteiger partial charge >= 0.3 is 0 Å². The molecule has 2 aromatic rings. The van der Waals surface area contributed by atoms with E-state index in [1.54, 1.807) is 37.4 Å². The van der Waals surface area contributed by atoms with E-state index in [9.17, 15) is 9.65 Å². The summed E-state index contributed by atoms with van der Waals surface area (Å²) in [4.78, 5) is 3.93. The van der Waals surface area contributed by atoms with E-state index < -0.39 is 5.82 Å². The van der Waals surface area contributed by atoms with Gasteiger partial charge in [-0.15, -0.1) is 0 Å². The molecule has 0 aliphatic heterocycles. The number of rotatable bonds is 2. The Balaban J connectivity index is 2.59. The summed E-state index contributed by atoms with van der Waals surface area (Å²) in [5, 5.41) is 9.22. The second-order valence-corrected chi connectivity index (χ2v) is 4.13. The molecule has 0 radical (unpaired) electrons. The average Bonchev–Trinajstić information content (AvgIpc) is 2.40. The first-order valence-electron chi connectivity index (χ1n) is 5.70. The lowest BCUT2D eigenvalue weighted by atomic mass is 10.0. The van der Waals surface area contributed by atoms with E-state index in [2.05, 4.69) is 4.98 Å². The Labute approximate surface area is 110 Å². The van der Waals surface area contributed by atoms with Crippen LogP contribution in [0.25, 0.3) is 11.3 Å². The van der Waals surface area contributed by atoms with Crippen molar-refractivity contribution in [2.24, 2.45) is 5.73 Å². The normalized spacial score (nSPS) is 11.6. The zero-order chi connectivity index (χ0) is 13.8. The van der Waals surface area contributed by atoms with Gasteiger partial charge in [-0.05, 0) is 30.7 Å². The molecule has 0 bridgehead atoms. The molecule has 0 atom stereocenters. The molecular weight excluding hydrogens is 241 g/mol. The Morgan fingerprint density at radius 3 is 2.74 bits per heavy atom. The number of pyridine rings is 1. The second kappa shape index (κ2) is 5.32. The number of benzene rings is 1. The first kappa shape index (κ1) is 12.8.